The Hall–Kier alpha value is -2.63. The molecule has 0 aliphatic rings. The van der Waals surface area contributed by atoms with Crippen molar-refractivity contribution in [2.75, 3.05) is 11.4 Å². The summed E-state index contributed by atoms with van der Waals surface area (Å²) in [6.07, 6.45) is 0.185. The van der Waals surface area contributed by atoms with Crippen molar-refractivity contribution in [3.63, 3.8) is 0 Å². The van der Waals surface area contributed by atoms with E-state index in [-0.39, 0.29) is 24.9 Å². The smallest absolute Gasteiger partial charge is 0.323 e. The molecule has 6 nitrogen and oxygen atoms in total. The minimum absolute atomic E-state index is 0.142. The van der Waals surface area contributed by atoms with Gasteiger partial charge >= 0.3 is 5.97 Å². The van der Waals surface area contributed by atoms with Crippen LogP contribution < -0.4 is 4.90 Å². The Labute approximate surface area is 135 Å². The molecule has 1 aromatic heterocycles. The van der Waals surface area contributed by atoms with E-state index in [1.165, 1.54) is 4.90 Å². The number of benzene rings is 1. The number of nitrogens with zero attached hydrogens (tertiary/aromatic N) is 3. The van der Waals surface area contributed by atoms with Gasteiger partial charge in [0.25, 0.3) is 0 Å². The molecule has 0 saturated heterocycles. The van der Waals surface area contributed by atoms with Gasteiger partial charge in [-0.25, -0.2) is 0 Å². The van der Waals surface area contributed by atoms with E-state index >= 15 is 0 Å². The molecule has 0 bridgehead atoms. The fourth-order valence-electron chi connectivity index (χ4n) is 2.61. The Morgan fingerprint density at radius 1 is 1.26 bits per heavy atom. The first kappa shape index (κ1) is 16.7. The topological polar surface area (TPSA) is 75.4 Å². The monoisotopic (exact) mass is 315 g/mol. The van der Waals surface area contributed by atoms with Crippen molar-refractivity contribution < 1.29 is 14.7 Å². The molecule has 0 spiro atoms. The molecule has 1 heterocycles. The van der Waals surface area contributed by atoms with Crippen molar-refractivity contribution in [2.45, 2.75) is 33.2 Å². The molecule has 6 heteroatoms. The number of anilines is 1. The van der Waals surface area contributed by atoms with Gasteiger partial charge in [-0.1, -0.05) is 18.2 Å². The minimum atomic E-state index is -1.04. The van der Waals surface area contributed by atoms with Gasteiger partial charge in [0.1, 0.15) is 6.54 Å². The molecule has 0 fully saturated rings. The Kier molecular flexibility index (Phi) is 5.16. The van der Waals surface area contributed by atoms with Crippen LogP contribution in [-0.2, 0) is 9.59 Å². The number of carbonyl (C=O) groups excluding carboxylic acids is 1. The summed E-state index contributed by atoms with van der Waals surface area (Å²) >= 11 is 0. The summed E-state index contributed by atoms with van der Waals surface area (Å²) in [4.78, 5) is 25.0. The lowest BCUT2D eigenvalue weighted by atomic mass is 10.2. The van der Waals surface area contributed by atoms with E-state index < -0.39 is 5.97 Å². The van der Waals surface area contributed by atoms with Gasteiger partial charge in [-0.3, -0.25) is 14.3 Å². The van der Waals surface area contributed by atoms with Crippen LogP contribution in [0.2, 0.25) is 0 Å². The molecular formula is C17H21N3O3. The number of aryl methyl sites for hydroxylation is 2. The number of para-hydroxylation sites is 1. The Balaban J connectivity index is 2.17. The number of rotatable bonds is 6. The predicted octanol–water partition coefficient (Wildman–Crippen LogP) is 2.57. The Bertz CT molecular complexity index is 694. The number of aromatic nitrogens is 2. The molecule has 0 saturated carbocycles. The van der Waals surface area contributed by atoms with E-state index in [2.05, 4.69) is 5.10 Å². The van der Waals surface area contributed by atoms with E-state index in [9.17, 15) is 9.59 Å². The lowest BCUT2D eigenvalue weighted by Crippen LogP contribution is -2.36. The van der Waals surface area contributed by atoms with Crippen LogP contribution in [0.25, 0.3) is 0 Å². The third kappa shape index (κ3) is 4.18. The van der Waals surface area contributed by atoms with Gasteiger partial charge in [-0.05, 0) is 39.0 Å². The van der Waals surface area contributed by atoms with Crippen LogP contribution in [0, 0.1) is 13.8 Å². The van der Waals surface area contributed by atoms with Gasteiger partial charge < -0.3 is 10.0 Å². The molecule has 1 unspecified atom stereocenters. The first-order chi connectivity index (χ1) is 10.9. The molecule has 2 rings (SSSR count). The zero-order valence-corrected chi connectivity index (χ0v) is 13.6. The minimum Gasteiger partial charge on any atom is -0.480 e. The number of hydrogen-bond acceptors (Lipinski definition) is 3. The number of aliphatic carboxylic acids is 1. The second kappa shape index (κ2) is 7.09. The first-order valence-electron chi connectivity index (χ1n) is 7.48. The van der Waals surface area contributed by atoms with Crippen molar-refractivity contribution >= 4 is 17.6 Å². The molecular weight excluding hydrogens is 294 g/mol. The summed E-state index contributed by atoms with van der Waals surface area (Å²) in [6.45, 7) is 5.39. The maximum atomic E-state index is 12.6. The van der Waals surface area contributed by atoms with Crippen LogP contribution in [0.4, 0.5) is 5.69 Å². The van der Waals surface area contributed by atoms with Crippen molar-refractivity contribution in [3.05, 3.63) is 47.8 Å². The van der Waals surface area contributed by atoms with E-state index in [1.54, 1.807) is 28.9 Å². The maximum Gasteiger partial charge on any atom is 0.323 e. The van der Waals surface area contributed by atoms with Crippen molar-refractivity contribution in [1.82, 2.24) is 9.78 Å². The molecule has 2 aromatic rings. The highest BCUT2D eigenvalue weighted by Gasteiger charge is 2.22. The van der Waals surface area contributed by atoms with Crippen molar-refractivity contribution in [2.24, 2.45) is 0 Å². The van der Waals surface area contributed by atoms with Crippen LogP contribution in [0.1, 0.15) is 30.8 Å². The van der Waals surface area contributed by atoms with Crippen LogP contribution in [0.3, 0.4) is 0 Å². The third-order valence-electron chi connectivity index (χ3n) is 3.59. The van der Waals surface area contributed by atoms with E-state index in [0.29, 0.717) is 5.69 Å². The molecule has 1 atom stereocenters. The van der Waals surface area contributed by atoms with Crippen LogP contribution in [0.5, 0.6) is 0 Å². The Morgan fingerprint density at radius 3 is 2.43 bits per heavy atom. The quantitative estimate of drug-likeness (QED) is 0.889. The summed E-state index contributed by atoms with van der Waals surface area (Å²) in [5.74, 6) is -1.28. The van der Waals surface area contributed by atoms with E-state index in [0.717, 1.165) is 11.4 Å². The van der Waals surface area contributed by atoms with E-state index in [4.69, 9.17) is 5.11 Å². The number of carboxylic acid groups (broad SMARTS) is 1. The Morgan fingerprint density at radius 2 is 1.91 bits per heavy atom. The molecule has 122 valence electrons. The number of amides is 1. The van der Waals surface area contributed by atoms with Crippen LogP contribution >= 0.6 is 0 Å². The summed E-state index contributed by atoms with van der Waals surface area (Å²) < 4.78 is 1.80. The molecule has 0 aliphatic carbocycles. The molecule has 1 amide bonds. The highest BCUT2D eigenvalue weighted by atomic mass is 16.4. The molecule has 1 aromatic carbocycles. The fourth-order valence-corrected chi connectivity index (χ4v) is 2.61. The lowest BCUT2D eigenvalue weighted by molar-refractivity contribution is -0.136. The van der Waals surface area contributed by atoms with Gasteiger partial charge in [0.05, 0.1) is 11.7 Å². The van der Waals surface area contributed by atoms with Gasteiger partial charge in [0.2, 0.25) is 5.91 Å². The standard InChI is InChI=1S/C17H21N3O3/c1-12-9-13(2)20(18-12)14(3)10-16(21)19(11-17(22)23)15-7-5-4-6-8-15/h4-9,14H,10-11H2,1-3H3,(H,22,23). The maximum absolute atomic E-state index is 12.6. The number of hydrogen-bond donors (Lipinski definition) is 1. The average Bonchev–Trinajstić information content (AvgIpc) is 2.84. The highest BCUT2D eigenvalue weighted by molar-refractivity contribution is 5.97. The zero-order valence-electron chi connectivity index (χ0n) is 13.6. The normalized spacial score (nSPS) is 12.0. The third-order valence-corrected chi connectivity index (χ3v) is 3.59. The SMILES string of the molecule is Cc1cc(C)n(C(C)CC(=O)N(CC(=O)O)c2ccccc2)n1. The highest BCUT2D eigenvalue weighted by Crippen LogP contribution is 2.19. The number of carbonyl (C=O) groups is 2. The second-order valence-corrected chi connectivity index (χ2v) is 5.63. The molecule has 1 N–H and O–H groups in total. The van der Waals surface area contributed by atoms with Crippen LogP contribution in [-0.4, -0.2) is 33.3 Å². The fraction of sp³-hybridized carbons (Fsp3) is 0.353. The number of carboxylic acids is 1. The summed E-state index contributed by atoms with van der Waals surface area (Å²) in [5.41, 5.74) is 2.46. The summed E-state index contributed by atoms with van der Waals surface area (Å²) in [7, 11) is 0. The average molecular weight is 315 g/mol. The summed E-state index contributed by atoms with van der Waals surface area (Å²) in [5, 5.41) is 13.5. The van der Waals surface area contributed by atoms with Gasteiger partial charge in [0, 0.05) is 17.8 Å². The second-order valence-electron chi connectivity index (χ2n) is 5.63. The van der Waals surface area contributed by atoms with Gasteiger partial charge in [-0.15, -0.1) is 0 Å². The molecule has 0 radical (unpaired) electrons. The van der Waals surface area contributed by atoms with Crippen LogP contribution in [0.15, 0.2) is 36.4 Å². The van der Waals surface area contributed by atoms with Crippen molar-refractivity contribution in [3.8, 4) is 0 Å². The van der Waals surface area contributed by atoms with Gasteiger partial charge in [0.15, 0.2) is 0 Å². The molecule has 0 aliphatic heterocycles. The van der Waals surface area contributed by atoms with E-state index in [1.807, 2.05) is 32.9 Å². The van der Waals surface area contributed by atoms with Gasteiger partial charge in [-0.2, -0.15) is 5.10 Å². The predicted molar refractivity (Wildman–Crippen MR) is 87.5 cm³/mol. The first-order valence-corrected chi connectivity index (χ1v) is 7.48. The largest absolute Gasteiger partial charge is 0.480 e. The lowest BCUT2D eigenvalue weighted by Gasteiger charge is -2.23. The van der Waals surface area contributed by atoms with Crippen molar-refractivity contribution in [1.29, 1.82) is 0 Å². The molecule has 23 heavy (non-hydrogen) atoms. The summed E-state index contributed by atoms with van der Waals surface area (Å²) in [6, 6.07) is 10.7. The zero-order chi connectivity index (χ0) is 17.0.